The first-order valence-corrected chi connectivity index (χ1v) is 5.86. The molecule has 0 aliphatic heterocycles. The summed E-state index contributed by atoms with van der Waals surface area (Å²) in [6.07, 6.45) is 0.344. The highest BCUT2D eigenvalue weighted by Crippen LogP contribution is 1.96. The molecule has 3 N–H and O–H groups in total. The second kappa shape index (κ2) is 9.15. The molecule has 1 atom stereocenters. The van der Waals surface area contributed by atoms with Gasteiger partial charge in [-0.3, -0.25) is 4.79 Å². The summed E-state index contributed by atoms with van der Waals surface area (Å²) in [5, 5.41) is 13.7. The van der Waals surface area contributed by atoms with Crippen molar-refractivity contribution in [3.63, 3.8) is 0 Å². The van der Waals surface area contributed by atoms with E-state index in [2.05, 4.69) is 10.6 Å². The van der Waals surface area contributed by atoms with E-state index in [0.29, 0.717) is 0 Å². The molecule has 0 aliphatic carbocycles. The maximum Gasteiger partial charge on any atom is 0.326 e. The van der Waals surface area contributed by atoms with Crippen LogP contribution in [-0.2, 0) is 14.3 Å². The molecule has 0 aromatic heterocycles. The molecule has 0 saturated heterocycles. The van der Waals surface area contributed by atoms with Gasteiger partial charge < -0.3 is 25.4 Å². The van der Waals surface area contributed by atoms with Crippen molar-refractivity contribution in [3.05, 3.63) is 0 Å². The van der Waals surface area contributed by atoms with Crippen molar-refractivity contribution in [2.45, 2.75) is 18.9 Å². The van der Waals surface area contributed by atoms with Crippen LogP contribution in [0, 0.1) is 0 Å². The van der Waals surface area contributed by atoms with Gasteiger partial charge in [0.1, 0.15) is 6.04 Å². The van der Waals surface area contributed by atoms with Crippen LogP contribution in [-0.4, -0.2) is 68.3 Å². The average Bonchev–Trinajstić information content (AvgIpc) is 2.39. The first-order valence-electron chi connectivity index (χ1n) is 5.86. The number of carbonyl (C=O) groups is 3. The number of hydrogen-bond donors (Lipinski definition) is 3. The van der Waals surface area contributed by atoms with Crippen molar-refractivity contribution in [1.82, 2.24) is 15.5 Å². The smallest absolute Gasteiger partial charge is 0.326 e. The Morgan fingerprint density at radius 2 is 2.00 bits per heavy atom. The summed E-state index contributed by atoms with van der Waals surface area (Å²) in [6, 6.07) is -1.54. The molecule has 19 heavy (non-hydrogen) atoms. The minimum Gasteiger partial charge on any atom is -0.480 e. The fourth-order valence-electron chi connectivity index (χ4n) is 1.25. The predicted molar refractivity (Wildman–Crippen MR) is 67.8 cm³/mol. The number of nitrogens with zero attached hydrogens (tertiary/aromatic N) is 1. The number of rotatable bonds is 8. The van der Waals surface area contributed by atoms with E-state index in [1.54, 1.807) is 0 Å². The Bertz CT molecular complexity index is 321. The number of nitrogens with one attached hydrogen (secondary N) is 2. The summed E-state index contributed by atoms with van der Waals surface area (Å²) in [7, 11) is 4.46. The van der Waals surface area contributed by atoms with Crippen LogP contribution >= 0.6 is 0 Å². The van der Waals surface area contributed by atoms with Gasteiger partial charge in [0.15, 0.2) is 0 Å². The fraction of sp³-hybridized carbons (Fsp3) is 0.727. The fourth-order valence-corrected chi connectivity index (χ4v) is 1.25. The molecule has 3 amide bonds. The van der Waals surface area contributed by atoms with Crippen LogP contribution < -0.4 is 10.6 Å². The molecule has 0 aliphatic rings. The van der Waals surface area contributed by atoms with Gasteiger partial charge in [-0.1, -0.05) is 0 Å². The third kappa shape index (κ3) is 7.24. The molecular weight excluding hydrogens is 254 g/mol. The van der Waals surface area contributed by atoms with Gasteiger partial charge in [-0.25, -0.2) is 9.59 Å². The number of ether oxygens (including phenoxy) is 1. The van der Waals surface area contributed by atoms with Gasteiger partial charge >= 0.3 is 12.0 Å². The maximum absolute atomic E-state index is 11.7. The lowest BCUT2D eigenvalue weighted by molar-refractivity contribution is -0.139. The molecular formula is C11H21N3O5. The quantitative estimate of drug-likeness (QED) is 0.540. The van der Waals surface area contributed by atoms with Crippen LogP contribution in [0.4, 0.5) is 4.79 Å². The maximum atomic E-state index is 11.7. The van der Waals surface area contributed by atoms with Crippen LogP contribution in [0.15, 0.2) is 0 Å². The molecule has 0 rings (SSSR count). The summed E-state index contributed by atoms with van der Waals surface area (Å²) in [5.74, 6) is -1.31. The molecule has 0 fully saturated rings. The molecule has 8 heteroatoms. The number of amides is 3. The lowest BCUT2D eigenvalue weighted by Crippen LogP contribution is -2.47. The van der Waals surface area contributed by atoms with Crippen molar-refractivity contribution in [1.29, 1.82) is 0 Å². The van der Waals surface area contributed by atoms with Gasteiger partial charge in [-0.05, 0) is 0 Å². The van der Waals surface area contributed by atoms with E-state index in [1.165, 1.54) is 26.1 Å². The van der Waals surface area contributed by atoms with E-state index in [-0.39, 0.29) is 31.9 Å². The summed E-state index contributed by atoms with van der Waals surface area (Å²) in [5.41, 5.74) is 0. The SMILES string of the molecule is CNC(=O)CCN(C)C(=O)NC(CCOC)C(=O)O. The second-order valence-electron chi connectivity index (χ2n) is 3.97. The lowest BCUT2D eigenvalue weighted by Gasteiger charge is -2.21. The van der Waals surface area contributed by atoms with Crippen LogP contribution in [0.3, 0.4) is 0 Å². The molecule has 0 saturated carbocycles. The topological polar surface area (TPSA) is 108 Å². The molecule has 0 aromatic rings. The van der Waals surface area contributed by atoms with Gasteiger partial charge in [0, 0.05) is 47.2 Å². The minimum absolute atomic E-state index is 0.163. The molecule has 0 heterocycles. The van der Waals surface area contributed by atoms with Crippen LogP contribution in [0.5, 0.6) is 0 Å². The summed E-state index contributed by atoms with van der Waals surface area (Å²) < 4.78 is 4.78. The Morgan fingerprint density at radius 1 is 1.37 bits per heavy atom. The number of aliphatic carboxylic acids is 1. The third-order valence-corrected chi connectivity index (χ3v) is 2.51. The van der Waals surface area contributed by atoms with Crippen LogP contribution in [0.1, 0.15) is 12.8 Å². The van der Waals surface area contributed by atoms with E-state index in [0.717, 1.165) is 0 Å². The van der Waals surface area contributed by atoms with E-state index >= 15 is 0 Å². The first-order chi connectivity index (χ1) is 8.92. The van der Waals surface area contributed by atoms with E-state index in [9.17, 15) is 14.4 Å². The molecule has 110 valence electrons. The molecule has 0 bridgehead atoms. The van der Waals surface area contributed by atoms with Gasteiger partial charge in [0.05, 0.1) is 0 Å². The largest absolute Gasteiger partial charge is 0.480 e. The summed E-state index contributed by atoms with van der Waals surface area (Å²) in [4.78, 5) is 34.9. The number of urea groups is 1. The minimum atomic E-state index is -1.12. The van der Waals surface area contributed by atoms with E-state index < -0.39 is 18.0 Å². The van der Waals surface area contributed by atoms with Crippen molar-refractivity contribution in [3.8, 4) is 0 Å². The molecule has 0 radical (unpaired) electrons. The third-order valence-electron chi connectivity index (χ3n) is 2.51. The van der Waals surface area contributed by atoms with Gasteiger partial charge in [-0.15, -0.1) is 0 Å². The van der Waals surface area contributed by atoms with Crippen molar-refractivity contribution in [2.24, 2.45) is 0 Å². The predicted octanol–water partition coefficient (Wildman–Crippen LogP) is -0.746. The zero-order valence-corrected chi connectivity index (χ0v) is 11.4. The highest BCUT2D eigenvalue weighted by Gasteiger charge is 2.21. The highest BCUT2D eigenvalue weighted by atomic mass is 16.5. The second-order valence-corrected chi connectivity index (χ2v) is 3.97. The first kappa shape index (κ1) is 17.2. The highest BCUT2D eigenvalue weighted by molar-refractivity contribution is 5.83. The number of carbonyl (C=O) groups excluding carboxylic acids is 2. The van der Waals surface area contributed by atoms with Gasteiger partial charge in [0.25, 0.3) is 0 Å². The standard InChI is InChI=1S/C11H21N3O5/c1-12-9(15)4-6-14(2)11(18)13-8(10(16)17)5-7-19-3/h8H,4-7H2,1-3H3,(H,12,15)(H,13,18)(H,16,17). The average molecular weight is 275 g/mol. The summed E-state index contributed by atoms with van der Waals surface area (Å²) in [6.45, 7) is 0.446. The zero-order chi connectivity index (χ0) is 14.8. The van der Waals surface area contributed by atoms with E-state index in [4.69, 9.17) is 9.84 Å². The molecule has 0 spiro atoms. The van der Waals surface area contributed by atoms with Gasteiger partial charge in [0.2, 0.25) is 5.91 Å². The summed E-state index contributed by atoms with van der Waals surface area (Å²) >= 11 is 0. The lowest BCUT2D eigenvalue weighted by atomic mass is 10.2. The van der Waals surface area contributed by atoms with Crippen LogP contribution in [0.2, 0.25) is 0 Å². The molecule has 8 nitrogen and oxygen atoms in total. The normalized spacial score (nSPS) is 11.5. The van der Waals surface area contributed by atoms with E-state index in [1.807, 2.05) is 0 Å². The number of methoxy groups -OCH3 is 1. The molecule has 1 unspecified atom stereocenters. The Kier molecular flexibility index (Phi) is 8.27. The number of carboxylic acids is 1. The number of hydrogen-bond acceptors (Lipinski definition) is 4. The van der Waals surface area contributed by atoms with Crippen molar-refractivity contribution in [2.75, 3.05) is 34.4 Å². The molecule has 0 aromatic carbocycles. The van der Waals surface area contributed by atoms with Crippen LogP contribution in [0.25, 0.3) is 0 Å². The van der Waals surface area contributed by atoms with Crippen molar-refractivity contribution < 1.29 is 24.2 Å². The van der Waals surface area contributed by atoms with Gasteiger partial charge in [-0.2, -0.15) is 0 Å². The Labute approximate surface area is 112 Å². The Morgan fingerprint density at radius 3 is 2.47 bits per heavy atom. The Hall–Kier alpha value is -1.83. The monoisotopic (exact) mass is 275 g/mol. The van der Waals surface area contributed by atoms with Crippen molar-refractivity contribution >= 4 is 17.9 Å². The Balaban J connectivity index is 4.23. The zero-order valence-electron chi connectivity index (χ0n) is 11.4. The number of carboxylic acid groups (broad SMARTS) is 1.